The van der Waals surface area contributed by atoms with E-state index in [-0.39, 0.29) is 28.4 Å². The summed E-state index contributed by atoms with van der Waals surface area (Å²) in [5.74, 6) is 0.266. The van der Waals surface area contributed by atoms with Crippen LogP contribution in [0.15, 0.2) is 42.7 Å². The number of methoxy groups -OCH3 is 1. The minimum absolute atomic E-state index is 0.0205. The van der Waals surface area contributed by atoms with Crippen LogP contribution in [0.25, 0.3) is 22.3 Å². The number of aromatic nitrogens is 5. The normalized spacial score (nSPS) is 14.0. The van der Waals surface area contributed by atoms with Crippen LogP contribution in [-0.4, -0.2) is 70.0 Å². The van der Waals surface area contributed by atoms with Gasteiger partial charge in [-0.1, -0.05) is 0 Å². The lowest BCUT2D eigenvalue weighted by molar-refractivity contribution is 0.0597. The highest BCUT2D eigenvalue weighted by molar-refractivity contribution is 5.98. The van der Waals surface area contributed by atoms with Crippen molar-refractivity contribution in [2.75, 3.05) is 43.2 Å². The molecule has 1 saturated heterocycles. The van der Waals surface area contributed by atoms with Crippen LogP contribution in [0.3, 0.4) is 0 Å². The molecule has 0 saturated carbocycles. The van der Waals surface area contributed by atoms with E-state index in [0.29, 0.717) is 43.4 Å². The van der Waals surface area contributed by atoms with Gasteiger partial charge in [-0.3, -0.25) is 4.98 Å². The number of nitrogens with one attached hydrogen (secondary N) is 1. The molecule has 1 fully saturated rings. The fourth-order valence-electron chi connectivity index (χ4n) is 4.23. The van der Waals surface area contributed by atoms with E-state index >= 15 is 0 Å². The number of ether oxygens (including phenoxy) is 3. The summed E-state index contributed by atoms with van der Waals surface area (Å²) in [6, 6.07) is 8.49. The Balaban J connectivity index is 1.71. The van der Waals surface area contributed by atoms with E-state index < -0.39 is 23.9 Å². The Morgan fingerprint density at radius 2 is 1.93 bits per heavy atom. The summed E-state index contributed by atoms with van der Waals surface area (Å²) in [5.41, 5.74) is 1.07. The van der Waals surface area contributed by atoms with E-state index in [4.69, 9.17) is 24.2 Å². The lowest BCUT2D eigenvalue weighted by atomic mass is 10.2. The van der Waals surface area contributed by atoms with Gasteiger partial charge in [-0.2, -0.15) is 4.98 Å². The number of nitrogens with zero attached hydrogens (tertiary/aromatic N) is 6. The fraction of sp³-hybridized carbons (Fsp3) is 0.370. The molecule has 3 aromatic heterocycles. The van der Waals surface area contributed by atoms with Gasteiger partial charge in [0.15, 0.2) is 5.82 Å². The SMILES string of the molecule is COc1cc(N(C(=O)OC(C)(C)C)c2nc(-c3cccnc3)cc(N3CCOCC3)n2)cc2[nH]c(C(F)F)nc12. The number of carbonyl (C=O) groups excluding carboxylic acids is 1. The van der Waals surface area contributed by atoms with Crippen LogP contribution in [0.2, 0.25) is 0 Å². The molecular weight excluding hydrogens is 524 g/mol. The topological polar surface area (TPSA) is 119 Å². The summed E-state index contributed by atoms with van der Waals surface area (Å²) in [7, 11) is 1.39. The Hall–Kier alpha value is -4.39. The molecule has 5 rings (SSSR count). The van der Waals surface area contributed by atoms with Crippen molar-refractivity contribution in [3.05, 3.63) is 48.5 Å². The quantitative estimate of drug-likeness (QED) is 0.341. The number of carbonyl (C=O) groups is 1. The maximum atomic E-state index is 13.7. The Morgan fingerprint density at radius 3 is 2.58 bits per heavy atom. The van der Waals surface area contributed by atoms with E-state index in [0.717, 1.165) is 0 Å². The molecule has 210 valence electrons. The van der Waals surface area contributed by atoms with Crippen molar-refractivity contribution >= 4 is 34.6 Å². The van der Waals surface area contributed by atoms with Crippen LogP contribution in [0, 0.1) is 0 Å². The zero-order valence-electron chi connectivity index (χ0n) is 22.5. The van der Waals surface area contributed by atoms with Crippen molar-refractivity contribution < 1.29 is 27.8 Å². The zero-order valence-corrected chi connectivity index (χ0v) is 22.5. The van der Waals surface area contributed by atoms with Crippen LogP contribution in [-0.2, 0) is 9.47 Å². The molecule has 4 aromatic rings. The average Bonchev–Trinajstić information content (AvgIpc) is 3.37. The standard InChI is InChI=1S/C27H29F2N7O4/c1-27(2,3)40-26(37)36(17-12-19-22(20(13-17)38-4)34-24(31-19)23(28)29)25-32-18(16-6-5-7-30-15-16)14-21(33-25)35-8-10-39-11-9-35/h5-7,12-15,23H,8-11H2,1-4H3,(H,31,34). The van der Waals surface area contributed by atoms with Gasteiger partial charge in [0.05, 0.1) is 37.2 Å². The highest BCUT2D eigenvalue weighted by atomic mass is 19.3. The molecule has 1 aliphatic rings. The maximum absolute atomic E-state index is 13.7. The number of hydrogen-bond donors (Lipinski definition) is 1. The summed E-state index contributed by atoms with van der Waals surface area (Å²) in [6.07, 6.45) is -0.267. The van der Waals surface area contributed by atoms with Crippen molar-refractivity contribution in [3.8, 4) is 17.0 Å². The number of rotatable bonds is 6. The maximum Gasteiger partial charge on any atom is 0.421 e. The first-order chi connectivity index (χ1) is 19.1. The molecule has 1 N–H and O–H groups in total. The number of benzene rings is 1. The molecule has 0 spiro atoms. The van der Waals surface area contributed by atoms with Crippen LogP contribution >= 0.6 is 0 Å². The average molecular weight is 554 g/mol. The lowest BCUT2D eigenvalue weighted by Crippen LogP contribution is -2.38. The van der Waals surface area contributed by atoms with Crippen LogP contribution in [0.5, 0.6) is 5.75 Å². The zero-order chi connectivity index (χ0) is 28.4. The highest BCUT2D eigenvalue weighted by Crippen LogP contribution is 2.36. The highest BCUT2D eigenvalue weighted by Gasteiger charge is 2.30. The first kappa shape index (κ1) is 27.2. The summed E-state index contributed by atoms with van der Waals surface area (Å²) >= 11 is 0. The molecule has 1 aliphatic heterocycles. The molecule has 11 nitrogen and oxygen atoms in total. The predicted molar refractivity (Wildman–Crippen MR) is 144 cm³/mol. The van der Waals surface area contributed by atoms with Crippen LogP contribution < -0.4 is 14.5 Å². The number of fused-ring (bicyclic) bond motifs is 1. The van der Waals surface area contributed by atoms with E-state index in [9.17, 15) is 13.6 Å². The van der Waals surface area contributed by atoms with E-state index in [1.54, 1.807) is 39.2 Å². The number of H-pyrrole nitrogens is 1. The molecule has 4 heterocycles. The second-order valence-electron chi connectivity index (χ2n) is 10.0. The Kier molecular flexibility index (Phi) is 7.48. The lowest BCUT2D eigenvalue weighted by Gasteiger charge is -2.30. The third-order valence-corrected chi connectivity index (χ3v) is 6.01. The molecule has 0 bridgehead atoms. The molecule has 0 aliphatic carbocycles. The van der Waals surface area contributed by atoms with Crippen molar-refractivity contribution in [3.63, 3.8) is 0 Å². The first-order valence-corrected chi connectivity index (χ1v) is 12.6. The fourth-order valence-corrected chi connectivity index (χ4v) is 4.23. The minimum atomic E-state index is -2.82. The number of imidazole rings is 1. The Labute approximate surface area is 229 Å². The molecule has 13 heteroatoms. The largest absolute Gasteiger partial charge is 0.494 e. The number of halogens is 2. The van der Waals surface area contributed by atoms with Gasteiger partial charge in [0.1, 0.15) is 22.7 Å². The Morgan fingerprint density at radius 1 is 1.15 bits per heavy atom. The number of morpholine rings is 1. The van der Waals surface area contributed by atoms with Gasteiger partial charge in [-0.15, -0.1) is 0 Å². The molecule has 0 radical (unpaired) electrons. The number of aromatic amines is 1. The Bertz CT molecular complexity index is 1500. The van der Waals surface area contributed by atoms with E-state index in [2.05, 4.69) is 15.0 Å². The van der Waals surface area contributed by atoms with Crippen LogP contribution in [0.4, 0.5) is 31.0 Å². The van der Waals surface area contributed by atoms with E-state index in [1.165, 1.54) is 24.1 Å². The smallest absolute Gasteiger partial charge is 0.421 e. The van der Waals surface area contributed by atoms with Gasteiger partial charge in [-0.25, -0.2) is 28.4 Å². The van der Waals surface area contributed by atoms with Gasteiger partial charge < -0.3 is 24.1 Å². The van der Waals surface area contributed by atoms with Gasteiger partial charge >= 0.3 is 6.09 Å². The summed E-state index contributed by atoms with van der Waals surface area (Å²) in [5, 5.41) is 0. The molecule has 1 aromatic carbocycles. The van der Waals surface area contributed by atoms with Crippen molar-refractivity contribution in [1.82, 2.24) is 24.9 Å². The second-order valence-corrected chi connectivity index (χ2v) is 10.0. The van der Waals surface area contributed by atoms with Crippen molar-refractivity contribution in [2.24, 2.45) is 0 Å². The molecule has 40 heavy (non-hydrogen) atoms. The van der Waals surface area contributed by atoms with Crippen molar-refractivity contribution in [1.29, 1.82) is 0 Å². The van der Waals surface area contributed by atoms with Gasteiger partial charge in [0.25, 0.3) is 6.43 Å². The summed E-state index contributed by atoms with van der Waals surface area (Å²) in [4.78, 5) is 37.2. The molecule has 0 unspecified atom stereocenters. The number of alkyl halides is 2. The number of hydrogen-bond acceptors (Lipinski definition) is 9. The van der Waals surface area contributed by atoms with E-state index in [1.807, 2.05) is 17.0 Å². The molecule has 0 atom stereocenters. The minimum Gasteiger partial charge on any atom is -0.494 e. The first-order valence-electron chi connectivity index (χ1n) is 12.6. The molecule has 1 amide bonds. The monoisotopic (exact) mass is 553 g/mol. The number of anilines is 3. The third kappa shape index (κ3) is 5.78. The summed E-state index contributed by atoms with van der Waals surface area (Å²) < 4.78 is 43.6. The van der Waals surface area contributed by atoms with Crippen molar-refractivity contribution in [2.45, 2.75) is 32.8 Å². The molecular formula is C27H29F2N7O4. The predicted octanol–water partition coefficient (Wildman–Crippen LogP) is 5.27. The second kappa shape index (κ2) is 11.0. The van der Waals surface area contributed by atoms with Gasteiger partial charge in [-0.05, 0) is 39.0 Å². The number of pyridine rings is 1. The number of amides is 1. The summed E-state index contributed by atoms with van der Waals surface area (Å²) in [6.45, 7) is 7.46. The third-order valence-electron chi connectivity index (χ3n) is 6.01. The van der Waals surface area contributed by atoms with Gasteiger partial charge in [0, 0.05) is 43.2 Å². The van der Waals surface area contributed by atoms with Crippen LogP contribution in [0.1, 0.15) is 33.0 Å². The van der Waals surface area contributed by atoms with Gasteiger partial charge in [0.2, 0.25) is 5.95 Å².